The number of amides is 1. The highest BCUT2D eigenvalue weighted by molar-refractivity contribution is 9.10. The third-order valence-corrected chi connectivity index (χ3v) is 6.64. The summed E-state index contributed by atoms with van der Waals surface area (Å²) in [7, 11) is 0. The number of hydrogen-bond donors (Lipinski definition) is 1. The normalized spacial score (nSPS) is 17.6. The van der Waals surface area contributed by atoms with Gasteiger partial charge in [0.05, 0.1) is 0 Å². The van der Waals surface area contributed by atoms with Crippen LogP contribution in [-0.2, 0) is 10.2 Å². The molecule has 0 radical (unpaired) electrons. The van der Waals surface area contributed by atoms with Crippen LogP contribution in [0.25, 0.3) is 0 Å². The van der Waals surface area contributed by atoms with Crippen molar-refractivity contribution in [2.45, 2.75) is 70.6 Å². The van der Waals surface area contributed by atoms with Gasteiger partial charge in [-0.3, -0.25) is 0 Å². The summed E-state index contributed by atoms with van der Waals surface area (Å²) in [6, 6.07) is 20.2. The third-order valence-electron chi connectivity index (χ3n) is 6.20. The second kappa shape index (κ2) is 10.5. The zero-order valence-electron chi connectivity index (χ0n) is 21.4. The number of halogens is 1. The molecular weight excluding hydrogens is 520 g/mol. The molecule has 36 heavy (non-hydrogen) atoms. The van der Waals surface area contributed by atoms with Crippen LogP contribution in [0.3, 0.4) is 0 Å². The van der Waals surface area contributed by atoms with Crippen molar-refractivity contribution in [1.29, 1.82) is 0 Å². The lowest BCUT2D eigenvalue weighted by Gasteiger charge is -2.36. The minimum Gasteiger partial charge on any atom is -0.490 e. The van der Waals surface area contributed by atoms with Crippen LogP contribution in [0.1, 0.15) is 58.6 Å². The Balaban J connectivity index is 1.30. The van der Waals surface area contributed by atoms with E-state index in [0.29, 0.717) is 0 Å². The molecule has 1 amide bonds. The molecule has 4 rings (SSSR count). The molecule has 0 atom stereocenters. The molecule has 190 valence electrons. The van der Waals surface area contributed by atoms with Crippen LogP contribution < -0.4 is 14.8 Å². The van der Waals surface area contributed by atoms with E-state index in [1.807, 2.05) is 57.2 Å². The van der Waals surface area contributed by atoms with Gasteiger partial charge in [-0.2, -0.15) is 0 Å². The number of carbonyl (C=O) groups is 1. The Kier molecular flexibility index (Phi) is 7.59. The van der Waals surface area contributed by atoms with Crippen molar-refractivity contribution in [3.63, 3.8) is 0 Å². The molecular formula is C29H33BrN2O4. The molecule has 1 heterocycles. The minimum atomic E-state index is -0.493. The van der Waals surface area contributed by atoms with Crippen molar-refractivity contribution in [2.75, 3.05) is 0 Å². The first-order valence-electron chi connectivity index (χ1n) is 12.1. The zero-order chi connectivity index (χ0) is 25.9. The number of alkyl carbamates (subject to hydrolysis) is 1. The second-order valence-corrected chi connectivity index (χ2v) is 11.5. The molecule has 1 fully saturated rings. The summed E-state index contributed by atoms with van der Waals surface area (Å²) >= 11 is 3.36. The SMILES string of the molecule is CC(C)(C)OC(=O)N[C@H]1C[C@H](Oc2ccc(C(C)(C)c3ccc(Oc4ccnc(Br)c4)cc3)cc2)C1. The van der Waals surface area contributed by atoms with E-state index in [1.54, 1.807) is 6.20 Å². The van der Waals surface area contributed by atoms with Crippen LogP contribution >= 0.6 is 15.9 Å². The van der Waals surface area contributed by atoms with Gasteiger partial charge >= 0.3 is 6.09 Å². The lowest BCUT2D eigenvalue weighted by molar-refractivity contribution is 0.0363. The number of carbonyl (C=O) groups excluding carboxylic acids is 1. The molecule has 0 aliphatic heterocycles. The highest BCUT2D eigenvalue weighted by Gasteiger charge is 2.33. The lowest BCUT2D eigenvalue weighted by Crippen LogP contribution is -2.50. The van der Waals surface area contributed by atoms with Crippen LogP contribution in [0.15, 0.2) is 71.5 Å². The highest BCUT2D eigenvalue weighted by Crippen LogP contribution is 2.35. The summed E-state index contributed by atoms with van der Waals surface area (Å²) < 4.78 is 18.1. The van der Waals surface area contributed by atoms with Crippen LogP contribution in [0.4, 0.5) is 4.79 Å². The number of hydrogen-bond acceptors (Lipinski definition) is 5. The van der Waals surface area contributed by atoms with E-state index in [0.717, 1.165) is 34.7 Å². The van der Waals surface area contributed by atoms with Gasteiger partial charge in [0.25, 0.3) is 0 Å². The summed E-state index contributed by atoms with van der Waals surface area (Å²) in [5.74, 6) is 2.34. The summed E-state index contributed by atoms with van der Waals surface area (Å²) in [5, 5.41) is 2.90. The van der Waals surface area contributed by atoms with Crippen molar-refractivity contribution in [3.8, 4) is 17.2 Å². The Morgan fingerprint density at radius 3 is 2.03 bits per heavy atom. The van der Waals surface area contributed by atoms with Gasteiger partial charge in [-0.1, -0.05) is 38.1 Å². The zero-order valence-corrected chi connectivity index (χ0v) is 23.0. The smallest absolute Gasteiger partial charge is 0.407 e. The standard InChI is InChI=1S/C29H33BrN2O4/c1-28(2,3)36-27(33)32-21-16-25(17-21)35-23-12-8-20(9-13-23)29(4,5)19-6-10-22(11-7-19)34-24-14-15-31-26(30)18-24/h6-15,18,21,25H,16-17H2,1-5H3,(H,32,33)/t21-,25-. The molecule has 6 nitrogen and oxygen atoms in total. The molecule has 7 heteroatoms. The molecule has 3 aromatic rings. The minimum absolute atomic E-state index is 0.0927. The summed E-state index contributed by atoms with van der Waals surface area (Å²) in [6.45, 7) is 9.99. The van der Waals surface area contributed by atoms with Crippen LogP contribution in [0, 0.1) is 0 Å². The fourth-order valence-corrected chi connectivity index (χ4v) is 4.43. The Labute approximate surface area is 221 Å². The first-order chi connectivity index (χ1) is 17.0. The predicted octanol–water partition coefficient (Wildman–Crippen LogP) is 7.40. The van der Waals surface area contributed by atoms with Gasteiger partial charge < -0.3 is 19.5 Å². The molecule has 1 N–H and O–H groups in total. The van der Waals surface area contributed by atoms with Gasteiger partial charge in [-0.15, -0.1) is 0 Å². The third kappa shape index (κ3) is 6.78. The number of ether oxygens (including phenoxy) is 3. The van der Waals surface area contributed by atoms with Crippen molar-refractivity contribution >= 4 is 22.0 Å². The number of aromatic nitrogens is 1. The van der Waals surface area contributed by atoms with Crippen molar-refractivity contribution in [1.82, 2.24) is 10.3 Å². The average molecular weight is 553 g/mol. The molecule has 0 saturated heterocycles. The van der Waals surface area contributed by atoms with Crippen LogP contribution in [0.2, 0.25) is 0 Å². The Morgan fingerprint density at radius 2 is 1.47 bits per heavy atom. The summed E-state index contributed by atoms with van der Waals surface area (Å²) in [5.41, 5.74) is 1.71. The maximum Gasteiger partial charge on any atom is 0.407 e. The Morgan fingerprint density at radius 1 is 0.889 bits per heavy atom. The first-order valence-corrected chi connectivity index (χ1v) is 12.9. The van der Waals surface area contributed by atoms with Crippen molar-refractivity contribution in [3.05, 3.63) is 82.6 Å². The van der Waals surface area contributed by atoms with E-state index in [-0.39, 0.29) is 23.7 Å². The van der Waals surface area contributed by atoms with Gasteiger partial charge in [0.1, 0.15) is 33.6 Å². The first kappa shape index (κ1) is 26.0. The molecule has 1 aromatic heterocycles. The van der Waals surface area contributed by atoms with E-state index >= 15 is 0 Å². The summed E-state index contributed by atoms with van der Waals surface area (Å²) in [4.78, 5) is 16.0. The van der Waals surface area contributed by atoms with Crippen LogP contribution in [0.5, 0.6) is 17.2 Å². The predicted molar refractivity (Wildman–Crippen MR) is 144 cm³/mol. The van der Waals surface area contributed by atoms with Gasteiger partial charge in [-0.05, 0) is 78.2 Å². The van der Waals surface area contributed by atoms with E-state index in [1.165, 1.54) is 11.1 Å². The molecule has 0 spiro atoms. The topological polar surface area (TPSA) is 69.7 Å². The van der Waals surface area contributed by atoms with Crippen molar-refractivity contribution in [2.24, 2.45) is 0 Å². The maximum absolute atomic E-state index is 11.9. The quantitative estimate of drug-likeness (QED) is 0.309. The van der Waals surface area contributed by atoms with E-state index in [9.17, 15) is 4.79 Å². The largest absolute Gasteiger partial charge is 0.490 e. The number of benzene rings is 2. The fraction of sp³-hybridized carbons (Fsp3) is 0.379. The highest BCUT2D eigenvalue weighted by atomic mass is 79.9. The monoisotopic (exact) mass is 552 g/mol. The second-order valence-electron chi connectivity index (χ2n) is 10.6. The van der Waals surface area contributed by atoms with E-state index in [2.05, 4.69) is 64.3 Å². The van der Waals surface area contributed by atoms with Gasteiger partial charge in [0.15, 0.2) is 0 Å². The molecule has 1 saturated carbocycles. The number of nitrogens with zero attached hydrogens (tertiary/aromatic N) is 1. The van der Waals surface area contributed by atoms with Gasteiger partial charge in [0, 0.05) is 36.6 Å². The molecule has 0 unspecified atom stereocenters. The van der Waals surface area contributed by atoms with Crippen LogP contribution in [-0.4, -0.2) is 28.8 Å². The number of rotatable bonds is 7. The fourth-order valence-electron chi connectivity index (χ4n) is 4.09. The summed E-state index contributed by atoms with van der Waals surface area (Å²) in [6.07, 6.45) is 2.98. The molecule has 0 bridgehead atoms. The van der Waals surface area contributed by atoms with E-state index in [4.69, 9.17) is 14.2 Å². The Bertz CT molecular complexity index is 1180. The molecule has 2 aromatic carbocycles. The average Bonchev–Trinajstić information content (AvgIpc) is 2.77. The maximum atomic E-state index is 11.9. The van der Waals surface area contributed by atoms with Crippen molar-refractivity contribution < 1.29 is 19.0 Å². The van der Waals surface area contributed by atoms with E-state index < -0.39 is 5.60 Å². The van der Waals surface area contributed by atoms with Gasteiger partial charge in [0.2, 0.25) is 0 Å². The van der Waals surface area contributed by atoms with Gasteiger partial charge in [-0.25, -0.2) is 9.78 Å². The molecule has 1 aliphatic rings. The number of pyridine rings is 1. The molecule has 1 aliphatic carbocycles. The lowest BCUT2D eigenvalue weighted by atomic mass is 9.78. The number of nitrogens with one attached hydrogen (secondary N) is 1. The Hall–Kier alpha value is -3.06.